The van der Waals surface area contributed by atoms with Crippen LogP contribution in [0.4, 0.5) is 35.9 Å². The van der Waals surface area contributed by atoms with Crippen molar-refractivity contribution >= 4 is 23.2 Å². The molecule has 3 rings (SSSR count). The van der Waals surface area contributed by atoms with Gasteiger partial charge in [-0.05, 0) is 43.3 Å². The van der Waals surface area contributed by atoms with Gasteiger partial charge in [0, 0.05) is 18.0 Å². The Balaban J connectivity index is 0.000000281. The van der Waals surface area contributed by atoms with Crippen LogP contribution in [-0.4, -0.2) is 41.6 Å². The summed E-state index contributed by atoms with van der Waals surface area (Å²) in [6.07, 6.45) is -11.3. The van der Waals surface area contributed by atoms with Crippen LogP contribution in [-0.2, 0) is 21.8 Å². The predicted molar refractivity (Wildman–Crippen MR) is 112 cm³/mol. The summed E-state index contributed by atoms with van der Waals surface area (Å²) >= 11 is 4.84. The molecule has 0 saturated carbocycles. The molecule has 0 aliphatic carbocycles. The Labute approximate surface area is 205 Å². The van der Waals surface area contributed by atoms with Gasteiger partial charge in [-0.1, -0.05) is 12.1 Å². The van der Waals surface area contributed by atoms with E-state index in [-0.39, 0.29) is 24.2 Å². The predicted octanol–water partition coefficient (Wildman–Crippen LogP) is 6.20. The van der Waals surface area contributed by atoms with Crippen molar-refractivity contribution in [2.75, 3.05) is 6.61 Å². The highest BCUT2D eigenvalue weighted by Crippen LogP contribution is 2.32. The van der Waals surface area contributed by atoms with Crippen LogP contribution >= 0.6 is 11.6 Å². The lowest BCUT2D eigenvalue weighted by molar-refractivity contribution is -0.138. The Morgan fingerprint density at radius 1 is 0.972 bits per heavy atom. The van der Waals surface area contributed by atoms with Crippen molar-refractivity contribution in [3.63, 3.8) is 0 Å². The van der Waals surface area contributed by atoms with Gasteiger partial charge in [-0.15, -0.1) is 0 Å². The normalized spacial score (nSPS) is 19.6. The molecule has 2 aromatic rings. The van der Waals surface area contributed by atoms with Gasteiger partial charge in [0.05, 0.1) is 23.3 Å². The molecule has 36 heavy (non-hydrogen) atoms. The Hall–Kier alpha value is -3.03. The number of hydrogen-bond acceptors (Lipinski definition) is 7. The molecule has 0 spiro atoms. The molecule has 14 heteroatoms. The standard InChI is InChI=1S/C14H15F3O5.C8H4ClF3O2/c1-8-5-11(18)12(21-8)7-20-13(19)22-10-4-2-3-9(6-10)14(15,16)17;9-7(13)14-6-3-1-2-5(4-6)8(10,11)12/h2-4,6,8,11-12,18H,5,7H2,1H3;1-4H/t8-,11+,12+;/m0./s1. The lowest BCUT2D eigenvalue weighted by Crippen LogP contribution is -2.28. The highest BCUT2D eigenvalue weighted by Gasteiger charge is 2.33. The minimum absolute atomic E-state index is 0.150. The van der Waals surface area contributed by atoms with Gasteiger partial charge >= 0.3 is 23.9 Å². The first-order valence-corrected chi connectivity index (χ1v) is 10.4. The summed E-state index contributed by atoms with van der Waals surface area (Å²) in [5, 5.41) is 9.61. The van der Waals surface area contributed by atoms with Crippen molar-refractivity contribution in [3.05, 3.63) is 59.7 Å². The van der Waals surface area contributed by atoms with Gasteiger partial charge in [-0.3, -0.25) is 0 Å². The van der Waals surface area contributed by atoms with E-state index in [9.17, 15) is 41.0 Å². The number of alkyl halides is 6. The number of rotatable bonds is 4. The number of carbonyl (C=O) groups excluding carboxylic acids is 2. The highest BCUT2D eigenvalue weighted by atomic mass is 35.5. The zero-order valence-electron chi connectivity index (χ0n) is 18.3. The monoisotopic (exact) mass is 544 g/mol. The van der Waals surface area contributed by atoms with Crippen LogP contribution in [0.5, 0.6) is 11.5 Å². The van der Waals surface area contributed by atoms with E-state index in [1.54, 1.807) is 6.92 Å². The van der Waals surface area contributed by atoms with E-state index in [0.29, 0.717) is 18.6 Å². The molecule has 198 valence electrons. The molecule has 1 saturated heterocycles. The van der Waals surface area contributed by atoms with Gasteiger partial charge in [0.2, 0.25) is 0 Å². The summed E-state index contributed by atoms with van der Waals surface area (Å²) in [6.45, 7) is 1.54. The fourth-order valence-corrected chi connectivity index (χ4v) is 3.02. The van der Waals surface area contributed by atoms with Crippen LogP contribution in [0.3, 0.4) is 0 Å². The van der Waals surface area contributed by atoms with E-state index in [0.717, 1.165) is 24.3 Å². The SMILES string of the molecule is C[C@H]1C[C@@H](O)[C@@H](COC(=O)Oc2cccc(C(F)(F)F)c2)O1.O=C(Cl)Oc1cccc(C(F)(F)F)c1. The largest absolute Gasteiger partial charge is 0.513 e. The van der Waals surface area contributed by atoms with Gasteiger partial charge in [-0.25, -0.2) is 9.59 Å². The summed E-state index contributed by atoms with van der Waals surface area (Å²) in [5.74, 6) is -0.513. The first kappa shape index (κ1) is 29.2. The molecule has 2 aromatic carbocycles. The zero-order chi connectivity index (χ0) is 27.1. The van der Waals surface area contributed by atoms with E-state index in [1.165, 1.54) is 12.1 Å². The van der Waals surface area contributed by atoms with E-state index >= 15 is 0 Å². The number of halogens is 7. The third-order valence-electron chi connectivity index (χ3n) is 4.50. The molecule has 1 aliphatic rings. The molecule has 1 fully saturated rings. The zero-order valence-corrected chi connectivity index (χ0v) is 19.1. The molecule has 0 aromatic heterocycles. The Bertz CT molecular complexity index is 1040. The molecule has 0 bridgehead atoms. The molecule has 1 heterocycles. The van der Waals surface area contributed by atoms with E-state index in [4.69, 9.17) is 21.1 Å². The van der Waals surface area contributed by atoms with Crippen molar-refractivity contribution in [2.45, 2.75) is 44.0 Å². The molecular weight excluding hydrogens is 526 g/mol. The highest BCUT2D eigenvalue weighted by molar-refractivity contribution is 6.61. The minimum atomic E-state index is -4.53. The fraction of sp³-hybridized carbons (Fsp3) is 0.364. The van der Waals surface area contributed by atoms with Gasteiger partial charge in [-0.2, -0.15) is 26.3 Å². The Morgan fingerprint density at radius 2 is 1.47 bits per heavy atom. The Morgan fingerprint density at radius 3 is 1.89 bits per heavy atom. The van der Waals surface area contributed by atoms with E-state index in [1.807, 2.05) is 0 Å². The second-order valence-corrected chi connectivity index (χ2v) is 7.65. The smallest absolute Gasteiger partial charge is 0.431 e. The van der Waals surface area contributed by atoms with Gasteiger partial charge in [0.25, 0.3) is 0 Å². The molecular formula is C22H19ClF6O7. The maximum absolute atomic E-state index is 12.5. The van der Waals surface area contributed by atoms with Gasteiger partial charge in [0.1, 0.15) is 24.2 Å². The van der Waals surface area contributed by atoms with E-state index < -0.39 is 47.3 Å². The van der Waals surface area contributed by atoms with Crippen molar-refractivity contribution < 1.29 is 60.0 Å². The molecule has 0 unspecified atom stereocenters. The number of hydrogen-bond donors (Lipinski definition) is 1. The van der Waals surface area contributed by atoms with Gasteiger partial charge < -0.3 is 24.1 Å². The van der Waals surface area contributed by atoms with Crippen LogP contribution in [0.2, 0.25) is 0 Å². The van der Waals surface area contributed by atoms with E-state index in [2.05, 4.69) is 9.47 Å². The third kappa shape index (κ3) is 9.55. The molecule has 0 radical (unpaired) electrons. The fourth-order valence-electron chi connectivity index (χ4n) is 2.93. The summed E-state index contributed by atoms with van der Waals surface area (Å²) in [7, 11) is 0. The minimum Gasteiger partial charge on any atom is -0.431 e. The van der Waals surface area contributed by atoms with Crippen LogP contribution in [0.25, 0.3) is 0 Å². The summed E-state index contributed by atoms with van der Waals surface area (Å²) in [6, 6.07) is 7.78. The third-order valence-corrected chi connectivity index (χ3v) is 4.57. The quantitative estimate of drug-likeness (QED) is 0.212. The number of ether oxygens (including phenoxy) is 4. The molecule has 1 N–H and O–H groups in total. The second-order valence-electron chi connectivity index (χ2n) is 7.34. The van der Waals surface area contributed by atoms with Crippen LogP contribution < -0.4 is 9.47 Å². The Kier molecular flexibility index (Phi) is 9.96. The first-order chi connectivity index (χ1) is 16.6. The van der Waals surface area contributed by atoms with Crippen molar-refractivity contribution in [1.82, 2.24) is 0 Å². The maximum atomic E-state index is 12.5. The molecule has 1 aliphatic heterocycles. The van der Waals surface area contributed by atoms with Crippen LogP contribution in [0.15, 0.2) is 48.5 Å². The number of aliphatic hydroxyl groups excluding tert-OH is 1. The number of aliphatic hydroxyl groups is 1. The first-order valence-electron chi connectivity index (χ1n) is 10.0. The lowest BCUT2D eigenvalue weighted by Gasteiger charge is -2.14. The average Bonchev–Trinajstić information content (AvgIpc) is 3.08. The molecule has 7 nitrogen and oxygen atoms in total. The number of carbonyl (C=O) groups is 2. The summed E-state index contributed by atoms with van der Waals surface area (Å²) in [5.41, 5.74) is -3.00. The summed E-state index contributed by atoms with van der Waals surface area (Å²) < 4.78 is 93.0. The molecule has 0 amide bonds. The lowest BCUT2D eigenvalue weighted by atomic mass is 10.1. The second kappa shape index (κ2) is 12.3. The molecule has 3 atom stereocenters. The number of benzene rings is 2. The van der Waals surface area contributed by atoms with Crippen molar-refractivity contribution in [2.24, 2.45) is 0 Å². The maximum Gasteiger partial charge on any atom is 0.513 e. The van der Waals surface area contributed by atoms with Crippen molar-refractivity contribution in [3.8, 4) is 11.5 Å². The van der Waals surface area contributed by atoms with Gasteiger partial charge in [0.15, 0.2) is 0 Å². The topological polar surface area (TPSA) is 91.3 Å². The van der Waals surface area contributed by atoms with Crippen LogP contribution in [0.1, 0.15) is 24.5 Å². The van der Waals surface area contributed by atoms with Crippen molar-refractivity contribution in [1.29, 1.82) is 0 Å². The average molecular weight is 545 g/mol. The van der Waals surface area contributed by atoms with Crippen LogP contribution in [0, 0.1) is 0 Å². The summed E-state index contributed by atoms with van der Waals surface area (Å²) in [4.78, 5) is 21.7.